The molecule has 2 aliphatic heterocycles. The number of nitrogens with zero attached hydrogens (tertiary/aromatic N) is 7. The van der Waals surface area contributed by atoms with Gasteiger partial charge in [-0.25, -0.2) is 18.6 Å². The first-order valence-corrected chi connectivity index (χ1v) is 12.7. The Hall–Kier alpha value is -4.30. The van der Waals surface area contributed by atoms with Crippen molar-refractivity contribution in [2.75, 3.05) is 13.1 Å². The molecule has 0 N–H and O–H groups in total. The van der Waals surface area contributed by atoms with Crippen LogP contribution in [-0.2, 0) is 11.3 Å². The summed E-state index contributed by atoms with van der Waals surface area (Å²) in [6.45, 7) is 4.31. The number of hydrogen-bond acceptors (Lipinski definition) is 6. The summed E-state index contributed by atoms with van der Waals surface area (Å²) >= 11 is 0. The summed E-state index contributed by atoms with van der Waals surface area (Å²) in [5.41, 5.74) is -1.03. The third-order valence-corrected chi connectivity index (χ3v) is 7.08. The van der Waals surface area contributed by atoms with Gasteiger partial charge in [0.1, 0.15) is 29.4 Å². The second-order valence-electron chi connectivity index (χ2n) is 11.2. The van der Waals surface area contributed by atoms with Crippen LogP contribution < -0.4 is 0 Å². The molecule has 6 heterocycles. The lowest BCUT2D eigenvalue weighted by atomic mass is 10.2. The molecule has 41 heavy (non-hydrogen) atoms. The number of alkyl halides is 3. The molecular weight excluding hydrogens is 553 g/mol. The number of fused-ring (bicyclic) bond motifs is 4. The number of ether oxygens (including phenoxy) is 1. The molecule has 4 aromatic heterocycles. The second-order valence-corrected chi connectivity index (χ2v) is 11.2. The SMILES string of the molecule is CC(C)(C)OC(=O)N1CC2CC1CN2C(=O)c1cc2c(cn1)c(-c1cnc3c(F)cc(F)cn13)nn2CC(F)(F)F. The van der Waals surface area contributed by atoms with Crippen molar-refractivity contribution >= 4 is 28.6 Å². The van der Waals surface area contributed by atoms with Gasteiger partial charge >= 0.3 is 12.3 Å². The Morgan fingerprint density at radius 2 is 1.73 bits per heavy atom. The molecule has 2 amide bonds. The van der Waals surface area contributed by atoms with Crippen LogP contribution in [0.15, 0.2) is 30.7 Å². The summed E-state index contributed by atoms with van der Waals surface area (Å²) in [4.78, 5) is 37.3. The fourth-order valence-electron chi connectivity index (χ4n) is 5.46. The van der Waals surface area contributed by atoms with E-state index in [0.717, 1.165) is 10.6 Å². The topological polar surface area (TPSA) is 97.9 Å². The van der Waals surface area contributed by atoms with Gasteiger partial charge in [0, 0.05) is 36.9 Å². The van der Waals surface area contributed by atoms with Crippen molar-refractivity contribution in [1.82, 2.24) is 33.9 Å². The van der Waals surface area contributed by atoms with Gasteiger partial charge in [0.2, 0.25) is 0 Å². The summed E-state index contributed by atoms with van der Waals surface area (Å²) < 4.78 is 75.8. The molecule has 2 saturated heterocycles. The first-order valence-electron chi connectivity index (χ1n) is 12.7. The van der Waals surface area contributed by atoms with Crippen molar-refractivity contribution < 1.29 is 36.3 Å². The Morgan fingerprint density at radius 3 is 2.39 bits per heavy atom. The molecule has 2 bridgehead atoms. The van der Waals surface area contributed by atoms with Gasteiger partial charge in [0.25, 0.3) is 5.91 Å². The van der Waals surface area contributed by atoms with Gasteiger partial charge in [-0.05, 0) is 33.3 Å². The Kier molecular flexibility index (Phi) is 5.98. The molecule has 2 atom stereocenters. The molecule has 0 spiro atoms. The first kappa shape index (κ1) is 26.9. The third kappa shape index (κ3) is 4.82. The third-order valence-electron chi connectivity index (χ3n) is 7.08. The van der Waals surface area contributed by atoms with Crippen LogP contribution in [0, 0.1) is 11.6 Å². The van der Waals surface area contributed by atoms with Crippen LogP contribution in [0.3, 0.4) is 0 Å². The molecule has 6 rings (SSSR count). The molecule has 0 radical (unpaired) electrons. The number of hydrogen-bond donors (Lipinski definition) is 0. The Morgan fingerprint density at radius 1 is 1.02 bits per heavy atom. The zero-order chi connectivity index (χ0) is 29.4. The minimum absolute atomic E-state index is 0.0396. The predicted octanol–water partition coefficient (Wildman–Crippen LogP) is 4.42. The van der Waals surface area contributed by atoms with E-state index in [-0.39, 0.29) is 58.8 Å². The van der Waals surface area contributed by atoms with Crippen LogP contribution in [0.25, 0.3) is 27.9 Å². The van der Waals surface area contributed by atoms with E-state index in [1.54, 1.807) is 30.6 Å². The highest BCUT2D eigenvalue weighted by molar-refractivity contribution is 5.99. The van der Waals surface area contributed by atoms with Gasteiger partial charge in [-0.3, -0.25) is 18.9 Å². The van der Waals surface area contributed by atoms with Crippen molar-refractivity contribution in [3.05, 3.63) is 48.1 Å². The molecule has 0 aliphatic carbocycles. The molecule has 15 heteroatoms. The van der Waals surface area contributed by atoms with E-state index in [2.05, 4.69) is 15.1 Å². The van der Waals surface area contributed by atoms with Crippen LogP contribution >= 0.6 is 0 Å². The number of amides is 2. The summed E-state index contributed by atoms with van der Waals surface area (Å²) in [5.74, 6) is -2.36. The van der Waals surface area contributed by atoms with Crippen molar-refractivity contribution in [1.29, 1.82) is 0 Å². The largest absolute Gasteiger partial charge is 0.444 e. The monoisotopic (exact) mass is 577 g/mol. The predicted molar refractivity (Wildman–Crippen MR) is 134 cm³/mol. The highest BCUT2D eigenvalue weighted by Crippen LogP contribution is 2.35. The molecule has 4 aromatic rings. The lowest BCUT2D eigenvalue weighted by Crippen LogP contribution is -2.51. The minimum Gasteiger partial charge on any atom is -0.444 e. The van der Waals surface area contributed by atoms with Crippen molar-refractivity contribution in [3.63, 3.8) is 0 Å². The molecule has 0 aromatic carbocycles. The number of imidazole rings is 1. The van der Waals surface area contributed by atoms with E-state index in [1.165, 1.54) is 18.5 Å². The zero-order valence-electron chi connectivity index (χ0n) is 22.1. The van der Waals surface area contributed by atoms with E-state index in [0.29, 0.717) is 17.2 Å². The van der Waals surface area contributed by atoms with Crippen LogP contribution in [0.4, 0.5) is 26.7 Å². The number of halogens is 5. The maximum Gasteiger partial charge on any atom is 0.410 e. The molecule has 10 nitrogen and oxygen atoms in total. The Bertz CT molecular complexity index is 1710. The summed E-state index contributed by atoms with van der Waals surface area (Å²) in [6, 6.07) is 1.32. The number of piperazine rings is 1. The summed E-state index contributed by atoms with van der Waals surface area (Å²) in [5, 5.41) is 4.22. The van der Waals surface area contributed by atoms with Gasteiger partial charge in [-0.15, -0.1) is 0 Å². The average Bonchev–Trinajstić information content (AvgIpc) is 3.63. The van der Waals surface area contributed by atoms with Crippen LogP contribution in [0.5, 0.6) is 0 Å². The highest BCUT2D eigenvalue weighted by atomic mass is 19.4. The van der Waals surface area contributed by atoms with Crippen molar-refractivity contribution in [3.8, 4) is 11.4 Å². The summed E-state index contributed by atoms with van der Waals surface area (Å²) in [7, 11) is 0. The maximum absolute atomic E-state index is 14.2. The fraction of sp³-hybridized carbons (Fsp3) is 0.423. The molecule has 2 fully saturated rings. The fourth-order valence-corrected chi connectivity index (χ4v) is 5.46. The Labute approximate surface area is 229 Å². The molecule has 0 saturated carbocycles. The van der Waals surface area contributed by atoms with Crippen LogP contribution in [-0.4, -0.2) is 82.9 Å². The van der Waals surface area contributed by atoms with Crippen LogP contribution in [0.2, 0.25) is 0 Å². The van der Waals surface area contributed by atoms with Gasteiger partial charge in [0.15, 0.2) is 11.5 Å². The minimum atomic E-state index is -4.65. The van der Waals surface area contributed by atoms with E-state index < -0.39 is 42.0 Å². The standard InChI is InChI=1S/C26H24F5N7O3/c1-25(2,3)41-24(40)36-11-14-5-15(36)10-35(14)23(39)18-6-19-16(7-32-18)21(34-38(19)12-26(29,30)31)20-8-33-22-17(28)4-13(27)9-37(20)22/h4,6-9,14-15H,5,10-12H2,1-3H3. The lowest BCUT2D eigenvalue weighted by molar-refractivity contribution is -0.141. The average molecular weight is 578 g/mol. The van der Waals surface area contributed by atoms with E-state index in [1.807, 2.05) is 0 Å². The maximum atomic E-state index is 14.2. The van der Waals surface area contributed by atoms with Crippen LogP contribution in [0.1, 0.15) is 37.7 Å². The lowest BCUT2D eigenvalue weighted by Gasteiger charge is -2.35. The molecule has 2 unspecified atom stereocenters. The molecule has 2 aliphatic rings. The van der Waals surface area contributed by atoms with Gasteiger partial charge in [-0.1, -0.05) is 0 Å². The molecular formula is C26H24F5N7O3. The zero-order valence-corrected chi connectivity index (χ0v) is 22.1. The highest BCUT2D eigenvalue weighted by Gasteiger charge is 2.48. The Balaban J connectivity index is 1.34. The van der Waals surface area contributed by atoms with Crippen molar-refractivity contribution in [2.24, 2.45) is 0 Å². The normalized spacial score (nSPS) is 19.1. The van der Waals surface area contributed by atoms with Gasteiger partial charge < -0.3 is 14.5 Å². The number of likely N-dealkylation sites (tertiary alicyclic amines) is 2. The van der Waals surface area contributed by atoms with Crippen molar-refractivity contribution in [2.45, 2.75) is 57.6 Å². The quantitative estimate of drug-likeness (QED) is 0.335. The van der Waals surface area contributed by atoms with Gasteiger partial charge in [0.05, 0.1) is 29.5 Å². The van der Waals surface area contributed by atoms with E-state index >= 15 is 0 Å². The van der Waals surface area contributed by atoms with E-state index in [4.69, 9.17) is 4.74 Å². The smallest absolute Gasteiger partial charge is 0.410 e. The first-order chi connectivity index (χ1) is 19.2. The molecule has 216 valence electrons. The number of carbonyl (C=O) groups is 2. The number of pyridine rings is 2. The number of carbonyl (C=O) groups excluding carboxylic acids is 2. The second kappa shape index (κ2) is 9.11. The number of rotatable bonds is 3. The number of aromatic nitrogens is 5. The summed E-state index contributed by atoms with van der Waals surface area (Å²) in [6.07, 6.45) is -1.23. The van der Waals surface area contributed by atoms with E-state index in [9.17, 15) is 31.5 Å². The van der Waals surface area contributed by atoms with Gasteiger partial charge in [-0.2, -0.15) is 18.3 Å².